The zero-order valence-corrected chi connectivity index (χ0v) is 11.7. The first-order valence-corrected chi connectivity index (χ1v) is 6.83. The fraction of sp³-hybridized carbons (Fsp3) is 0.692. The van der Waals surface area contributed by atoms with E-state index in [1.54, 1.807) is 13.2 Å². The van der Waals surface area contributed by atoms with Crippen LogP contribution in [0.4, 0.5) is 5.82 Å². The molecular formula is C13H20ClN3O. The van der Waals surface area contributed by atoms with Crippen LogP contribution in [-0.2, 0) is 11.3 Å². The van der Waals surface area contributed by atoms with Gasteiger partial charge in [-0.2, -0.15) is 0 Å². The summed E-state index contributed by atoms with van der Waals surface area (Å²) in [6.07, 6.45) is 3.98. The summed E-state index contributed by atoms with van der Waals surface area (Å²) >= 11 is 5.96. The molecular weight excluding hydrogens is 250 g/mol. The molecule has 0 amide bonds. The van der Waals surface area contributed by atoms with Gasteiger partial charge >= 0.3 is 0 Å². The highest BCUT2D eigenvalue weighted by atomic mass is 35.5. The molecule has 2 unspecified atom stereocenters. The molecule has 1 aromatic heterocycles. The second-order valence-corrected chi connectivity index (χ2v) is 5.36. The molecule has 4 nitrogen and oxygen atoms in total. The monoisotopic (exact) mass is 269 g/mol. The molecule has 1 heterocycles. The van der Waals surface area contributed by atoms with Crippen LogP contribution >= 0.6 is 11.6 Å². The summed E-state index contributed by atoms with van der Waals surface area (Å²) in [5.41, 5.74) is 0. The third-order valence-electron chi connectivity index (χ3n) is 3.60. The van der Waals surface area contributed by atoms with E-state index in [9.17, 15) is 0 Å². The second kappa shape index (κ2) is 6.34. The van der Waals surface area contributed by atoms with Gasteiger partial charge in [0.15, 0.2) is 5.82 Å². The van der Waals surface area contributed by atoms with E-state index >= 15 is 0 Å². The van der Waals surface area contributed by atoms with E-state index in [0.717, 1.165) is 24.2 Å². The van der Waals surface area contributed by atoms with Crippen molar-refractivity contribution in [1.82, 2.24) is 9.97 Å². The Hall–Kier alpha value is -0.870. The van der Waals surface area contributed by atoms with E-state index in [1.807, 2.05) is 0 Å². The maximum Gasteiger partial charge on any atom is 0.158 e. The molecule has 1 aliphatic rings. The highest BCUT2D eigenvalue weighted by Gasteiger charge is 2.22. The van der Waals surface area contributed by atoms with Crippen LogP contribution in [0.15, 0.2) is 6.07 Å². The molecule has 0 bridgehead atoms. The maximum atomic E-state index is 5.96. The average Bonchev–Trinajstić information content (AvgIpc) is 2.72. The Kier molecular flexibility index (Phi) is 4.78. The van der Waals surface area contributed by atoms with Gasteiger partial charge in [0, 0.05) is 19.7 Å². The number of halogens is 1. The van der Waals surface area contributed by atoms with Crippen LogP contribution in [-0.4, -0.2) is 23.6 Å². The molecule has 0 aliphatic heterocycles. The van der Waals surface area contributed by atoms with Crippen molar-refractivity contribution in [1.29, 1.82) is 0 Å². The molecule has 18 heavy (non-hydrogen) atoms. The zero-order chi connectivity index (χ0) is 13.0. The Balaban J connectivity index is 1.95. The third-order valence-corrected chi connectivity index (χ3v) is 3.79. The van der Waals surface area contributed by atoms with Crippen molar-refractivity contribution in [3.8, 4) is 0 Å². The van der Waals surface area contributed by atoms with Gasteiger partial charge in [-0.25, -0.2) is 9.97 Å². The van der Waals surface area contributed by atoms with Gasteiger partial charge in [-0.3, -0.25) is 0 Å². The lowest BCUT2D eigenvalue weighted by Gasteiger charge is -2.16. The fourth-order valence-electron chi connectivity index (χ4n) is 2.51. The molecule has 1 fully saturated rings. The summed E-state index contributed by atoms with van der Waals surface area (Å²) in [5.74, 6) is 2.95. The van der Waals surface area contributed by atoms with Crippen LogP contribution in [0.1, 0.15) is 32.0 Å². The number of hydrogen-bond donors (Lipinski definition) is 1. The Morgan fingerprint density at radius 1 is 1.44 bits per heavy atom. The first-order chi connectivity index (χ1) is 8.69. The largest absolute Gasteiger partial charge is 0.377 e. The van der Waals surface area contributed by atoms with Gasteiger partial charge in [0.2, 0.25) is 0 Å². The number of nitrogens with zero attached hydrogens (tertiary/aromatic N) is 2. The summed E-state index contributed by atoms with van der Waals surface area (Å²) in [4.78, 5) is 8.49. The first-order valence-electron chi connectivity index (χ1n) is 6.45. The molecule has 2 atom stereocenters. The normalized spacial score (nSPS) is 23.3. The standard InChI is InChI=1S/C13H20ClN3O/c1-9-4-3-5-10(9)7-15-12-6-11(14)16-13(17-12)8-18-2/h6,9-10H,3-5,7-8H2,1-2H3,(H,15,16,17). The third kappa shape index (κ3) is 3.56. The van der Waals surface area contributed by atoms with Crippen LogP contribution in [0.5, 0.6) is 0 Å². The van der Waals surface area contributed by atoms with Crippen LogP contribution in [0.3, 0.4) is 0 Å². The number of nitrogens with one attached hydrogen (secondary N) is 1. The number of ether oxygens (including phenoxy) is 1. The van der Waals surface area contributed by atoms with Crippen molar-refractivity contribution in [2.75, 3.05) is 19.0 Å². The van der Waals surface area contributed by atoms with Crippen LogP contribution in [0.2, 0.25) is 5.15 Å². The molecule has 5 heteroatoms. The summed E-state index contributed by atoms with van der Waals surface area (Å²) in [5, 5.41) is 3.82. The van der Waals surface area contributed by atoms with Crippen molar-refractivity contribution in [2.24, 2.45) is 11.8 Å². The maximum absolute atomic E-state index is 5.96. The summed E-state index contributed by atoms with van der Waals surface area (Å²) in [6.45, 7) is 3.67. The molecule has 2 rings (SSSR count). The Morgan fingerprint density at radius 2 is 2.28 bits per heavy atom. The number of aromatic nitrogens is 2. The zero-order valence-electron chi connectivity index (χ0n) is 10.9. The topological polar surface area (TPSA) is 47.0 Å². The Morgan fingerprint density at radius 3 is 2.94 bits per heavy atom. The predicted octanol–water partition coefficient (Wildman–Crippen LogP) is 3.12. The molecule has 1 aromatic rings. The lowest BCUT2D eigenvalue weighted by atomic mass is 9.98. The van der Waals surface area contributed by atoms with Crippen molar-refractivity contribution >= 4 is 17.4 Å². The van der Waals surface area contributed by atoms with E-state index in [1.165, 1.54) is 19.3 Å². The van der Waals surface area contributed by atoms with Crippen LogP contribution in [0, 0.1) is 11.8 Å². The molecule has 0 radical (unpaired) electrons. The SMILES string of the molecule is COCc1nc(Cl)cc(NCC2CCCC2C)n1. The molecule has 1 N–H and O–H groups in total. The molecule has 1 saturated carbocycles. The number of anilines is 1. The van der Waals surface area contributed by atoms with E-state index in [4.69, 9.17) is 16.3 Å². The second-order valence-electron chi connectivity index (χ2n) is 4.97. The van der Waals surface area contributed by atoms with Gasteiger partial charge in [-0.05, 0) is 18.3 Å². The van der Waals surface area contributed by atoms with Gasteiger partial charge in [0.25, 0.3) is 0 Å². The molecule has 0 spiro atoms. The van der Waals surface area contributed by atoms with Gasteiger partial charge in [-0.1, -0.05) is 31.4 Å². The van der Waals surface area contributed by atoms with Crippen molar-refractivity contribution in [3.05, 3.63) is 17.0 Å². The predicted molar refractivity (Wildman–Crippen MR) is 72.7 cm³/mol. The number of rotatable bonds is 5. The minimum atomic E-state index is 0.384. The van der Waals surface area contributed by atoms with Crippen LogP contribution in [0.25, 0.3) is 0 Å². The highest BCUT2D eigenvalue weighted by molar-refractivity contribution is 6.29. The lowest BCUT2D eigenvalue weighted by Crippen LogP contribution is -2.17. The van der Waals surface area contributed by atoms with Gasteiger partial charge in [0.1, 0.15) is 17.6 Å². The number of methoxy groups -OCH3 is 1. The van der Waals surface area contributed by atoms with Crippen molar-refractivity contribution in [2.45, 2.75) is 32.8 Å². The molecule has 100 valence electrons. The van der Waals surface area contributed by atoms with Gasteiger partial charge in [-0.15, -0.1) is 0 Å². The van der Waals surface area contributed by atoms with E-state index in [-0.39, 0.29) is 0 Å². The smallest absolute Gasteiger partial charge is 0.158 e. The minimum absolute atomic E-state index is 0.384. The van der Waals surface area contributed by atoms with Crippen molar-refractivity contribution < 1.29 is 4.74 Å². The minimum Gasteiger partial charge on any atom is -0.377 e. The first kappa shape index (κ1) is 13.6. The van der Waals surface area contributed by atoms with E-state index in [2.05, 4.69) is 22.2 Å². The van der Waals surface area contributed by atoms with Crippen LogP contribution < -0.4 is 5.32 Å². The highest BCUT2D eigenvalue weighted by Crippen LogP contribution is 2.31. The molecule has 0 aromatic carbocycles. The van der Waals surface area contributed by atoms with Gasteiger partial charge in [0.05, 0.1) is 0 Å². The summed E-state index contributed by atoms with van der Waals surface area (Å²) < 4.78 is 5.02. The lowest BCUT2D eigenvalue weighted by molar-refractivity contribution is 0.178. The van der Waals surface area contributed by atoms with E-state index < -0.39 is 0 Å². The number of hydrogen-bond acceptors (Lipinski definition) is 4. The quantitative estimate of drug-likeness (QED) is 0.835. The summed E-state index contributed by atoms with van der Waals surface area (Å²) in [6, 6.07) is 1.76. The van der Waals surface area contributed by atoms with Gasteiger partial charge < -0.3 is 10.1 Å². The fourth-order valence-corrected chi connectivity index (χ4v) is 2.71. The Bertz CT molecular complexity index is 400. The van der Waals surface area contributed by atoms with Crippen molar-refractivity contribution in [3.63, 3.8) is 0 Å². The average molecular weight is 270 g/mol. The Labute approximate surface area is 113 Å². The molecule has 1 aliphatic carbocycles. The summed E-state index contributed by atoms with van der Waals surface area (Å²) in [7, 11) is 1.62. The van der Waals surface area contributed by atoms with E-state index in [0.29, 0.717) is 17.6 Å². The molecule has 0 saturated heterocycles.